The van der Waals surface area contributed by atoms with Crippen molar-refractivity contribution >= 4 is 50.7 Å². The number of nitrogens with zero attached hydrogens (tertiary/aromatic N) is 2. The molecule has 0 bridgehead atoms. The van der Waals surface area contributed by atoms with Gasteiger partial charge in [0.05, 0.1) is 34.8 Å². The lowest BCUT2D eigenvalue weighted by atomic mass is 10.0. The van der Waals surface area contributed by atoms with Crippen LogP contribution in [0.15, 0.2) is 102 Å². The van der Waals surface area contributed by atoms with E-state index < -0.39 is 28.5 Å². The summed E-state index contributed by atoms with van der Waals surface area (Å²) in [7, 11) is -1.44. The first-order valence-corrected chi connectivity index (χ1v) is 17.0. The Morgan fingerprint density at radius 2 is 1.47 bits per heavy atom. The van der Waals surface area contributed by atoms with Gasteiger partial charge in [-0.25, -0.2) is 8.42 Å². The second-order valence-corrected chi connectivity index (χ2v) is 13.7. The number of rotatable bonds is 14. The molecule has 4 aromatic carbocycles. The number of halogens is 2. The third-order valence-corrected chi connectivity index (χ3v) is 9.83. The van der Waals surface area contributed by atoms with Gasteiger partial charge in [0.25, 0.3) is 10.0 Å². The second kappa shape index (κ2) is 16.0. The summed E-state index contributed by atoms with van der Waals surface area (Å²) in [4.78, 5) is 29.8. The third kappa shape index (κ3) is 8.97. The Bertz CT molecular complexity index is 1790. The van der Waals surface area contributed by atoms with Gasteiger partial charge < -0.3 is 19.7 Å². The van der Waals surface area contributed by atoms with Crippen molar-refractivity contribution in [1.82, 2.24) is 10.2 Å². The zero-order valence-electron chi connectivity index (χ0n) is 26.5. The van der Waals surface area contributed by atoms with E-state index in [-0.39, 0.29) is 46.3 Å². The predicted molar refractivity (Wildman–Crippen MR) is 185 cm³/mol. The van der Waals surface area contributed by atoms with E-state index in [1.54, 1.807) is 42.5 Å². The van der Waals surface area contributed by atoms with E-state index in [0.717, 1.165) is 9.87 Å². The number of nitrogens with one attached hydrogen (secondary N) is 1. The van der Waals surface area contributed by atoms with Crippen molar-refractivity contribution in [3.63, 3.8) is 0 Å². The van der Waals surface area contributed by atoms with Gasteiger partial charge >= 0.3 is 0 Å². The van der Waals surface area contributed by atoms with Gasteiger partial charge in [0, 0.05) is 19.0 Å². The maximum Gasteiger partial charge on any atom is 0.264 e. The van der Waals surface area contributed by atoms with Gasteiger partial charge in [0.15, 0.2) is 0 Å². The highest BCUT2D eigenvalue weighted by atomic mass is 35.5. The number of anilines is 1. The number of benzene rings is 4. The van der Waals surface area contributed by atoms with E-state index in [1.165, 1.54) is 43.4 Å². The first kappa shape index (κ1) is 35.6. The maximum absolute atomic E-state index is 14.6. The molecule has 0 fully saturated rings. The smallest absolute Gasteiger partial charge is 0.264 e. The number of methoxy groups -OCH3 is 2. The predicted octanol–water partition coefficient (Wildman–Crippen LogP) is 6.37. The van der Waals surface area contributed by atoms with Crippen molar-refractivity contribution in [1.29, 1.82) is 0 Å². The average Bonchev–Trinajstić information content (AvgIpc) is 3.06. The molecule has 0 aliphatic carbocycles. The summed E-state index contributed by atoms with van der Waals surface area (Å²) >= 11 is 12.5. The van der Waals surface area contributed by atoms with Crippen molar-refractivity contribution in [2.75, 3.05) is 25.1 Å². The summed E-state index contributed by atoms with van der Waals surface area (Å²) in [5.74, 6) is -0.304. The van der Waals surface area contributed by atoms with Crippen LogP contribution in [-0.2, 0) is 32.6 Å². The molecule has 1 N–H and O–H groups in total. The van der Waals surface area contributed by atoms with E-state index in [4.69, 9.17) is 32.7 Å². The molecule has 0 radical (unpaired) electrons. The van der Waals surface area contributed by atoms with Crippen LogP contribution in [0.5, 0.6) is 11.5 Å². The normalized spacial score (nSPS) is 11.9. The Balaban J connectivity index is 1.84. The average molecular weight is 699 g/mol. The highest BCUT2D eigenvalue weighted by Crippen LogP contribution is 2.33. The van der Waals surface area contributed by atoms with Gasteiger partial charge in [-0.15, -0.1) is 0 Å². The summed E-state index contributed by atoms with van der Waals surface area (Å²) in [5.41, 5.74) is 1.57. The van der Waals surface area contributed by atoms with Crippen molar-refractivity contribution in [2.45, 2.75) is 43.8 Å². The molecule has 0 saturated heterocycles. The Labute approximate surface area is 286 Å². The lowest BCUT2D eigenvalue weighted by Crippen LogP contribution is -2.54. The molecule has 1 atom stereocenters. The number of para-hydroxylation sites is 2. The molecule has 4 rings (SSSR count). The molecule has 0 unspecified atom stereocenters. The molecule has 0 aliphatic rings. The molecule has 47 heavy (non-hydrogen) atoms. The number of hydrogen-bond acceptors (Lipinski definition) is 6. The SMILES string of the molecule is COc1ccc(S(=O)(=O)N(CC(=O)N(Cc2ccc(Cl)c(Cl)c2)[C@H](Cc2ccccc2)C(=O)NC(C)C)c2ccccc2OC)cc1. The van der Waals surface area contributed by atoms with Gasteiger partial charge in [-0.1, -0.05) is 71.7 Å². The molecule has 0 saturated carbocycles. The van der Waals surface area contributed by atoms with E-state index in [2.05, 4.69) is 5.32 Å². The Hall–Kier alpha value is -4.25. The van der Waals surface area contributed by atoms with Crippen LogP contribution in [0, 0.1) is 0 Å². The molecule has 0 spiro atoms. The van der Waals surface area contributed by atoms with E-state index in [1.807, 2.05) is 44.2 Å². The fourth-order valence-corrected chi connectivity index (χ4v) is 6.74. The zero-order valence-corrected chi connectivity index (χ0v) is 28.9. The number of carbonyl (C=O) groups is 2. The van der Waals surface area contributed by atoms with Gasteiger partial charge in [-0.2, -0.15) is 0 Å². The molecule has 4 aromatic rings. The number of sulfonamides is 1. The van der Waals surface area contributed by atoms with Gasteiger partial charge in [-0.05, 0) is 73.5 Å². The van der Waals surface area contributed by atoms with Crippen LogP contribution in [0.4, 0.5) is 5.69 Å². The van der Waals surface area contributed by atoms with Crippen LogP contribution in [0.3, 0.4) is 0 Å². The number of ether oxygens (including phenoxy) is 2. The lowest BCUT2D eigenvalue weighted by Gasteiger charge is -2.34. The fourth-order valence-electron chi connectivity index (χ4n) is 4.99. The molecule has 9 nitrogen and oxygen atoms in total. The van der Waals surface area contributed by atoms with Crippen LogP contribution in [-0.4, -0.2) is 58.0 Å². The van der Waals surface area contributed by atoms with Crippen LogP contribution in [0.1, 0.15) is 25.0 Å². The third-order valence-electron chi connectivity index (χ3n) is 7.32. The topological polar surface area (TPSA) is 105 Å². The van der Waals surface area contributed by atoms with Gasteiger partial charge in [-0.3, -0.25) is 13.9 Å². The summed E-state index contributed by atoms with van der Waals surface area (Å²) in [6, 6.07) is 25.4. The van der Waals surface area contributed by atoms with Crippen LogP contribution in [0.2, 0.25) is 10.0 Å². The molecule has 0 heterocycles. The molecule has 0 aliphatic heterocycles. The van der Waals surface area contributed by atoms with E-state index in [9.17, 15) is 18.0 Å². The van der Waals surface area contributed by atoms with Gasteiger partial charge in [0.2, 0.25) is 11.8 Å². The van der Waals surface area contributed by atoms with Crippen LogP contribution < -0.4 is 19.1 Å². The molecule has 12 heteroatoms. The standard InChI is InChI=1S/C35H37Cl2N3O6S/c1-24(2)38-35(42)32(21-25-10-6-5-7-11-25)39(22-26-14-19-29(36)30(37)20-26)34(41)23-40(31-12-8-9-13-33(31)46-4)47(43,44)28-17-15-27(45-3)16-18-28/h5-20,24,32H,21-23H2,1-4H3,(H,38,42)/t32-/m1/s1. The Kier molecular flexibility index (Phi) is 12.1. The van der Waals surface area contributed by atoms with E-state index >= 15 is 0 Å². The van der Waals surface area contributed by atoms with Crippen molar-refractivity contribution in [2.24, 2.45) is 0 Å². The van der Waals surface area contributed by atoms with Crippen molar-refractivity contribution in [3.05, 3.63) is 118 Å². The minimum Gasteiger partial charge on any atom is -0.497 e. The minimum absolute atomic E-state index is 0.0545. The number of hydrogen-bond donors (Lipinski definition) is 1. The van der Waals surface area contributed by atoms with E-state index in [0.29, 0.717) is 16.3 Å². The number of carbonyl (C=O) groups excluding carboxylic acids is 2. The second-order valence-electron chi connectivity index (χ2n) is 11.0. The zero-order chi connectivity index (χ0) is 34.1. The van der Waals surface area contributed by atoms with Crippen LogP contribution >= 0.6 is 23.2 Å². The van der Waals surface area contributed by atoms with Gasteiger partial charge in [0.1, 0.15) is 24.1 Å². The highest BCUT2D eigenvalue weighted by Gasteiger charge is 2.35. The highest BCUT2D eigenvalue weighted by molar-refractivity contribution is 7.92. The largest absolute Gasteiger partial charge is 0.497 e. The quantitative estimate of drug-likeness (QED) is 0.164. The first-order chi connectivity index (χ1) is 22.4. The Morgan fingerprint density at radius 3 is 2.09 bits per heavy atom. The number of amides is 2. The fraction of sp³-hybridized carbons (Fsp3) is 0.257. The summed E-state index contributed by atoms with van der Waals surface area (Å²) in [6.45, 7) is 2.96. The molecule has 2 amide bonds. The van der Waals surface area contributed by atoms with Crippen LogP contribution in [0.25, 0.3) is 0 Å². The molecular formula is C35H37Cl2N3O6S. The minimum atomic E-state index is -4.34. The lowest BCUT2D eigenvalue weighted by molar-refractivity contribution is -0.140. The maximum atomic E-state index is 14.6. The molecule has 0 aromatic heterocycles. The summed E-state index contributed by atoms with van der Waals surface area (Å²) in [6.07, 6.45) is 0.173. The molecular weight excluding hydrogens is 661 g/mol. The summed E-state index contributed by atoms with van der Waals surface area (Å²) in [5, 5.41) is 3.54. The summed E-state index contributed by atoms with van der Waals surface area (Å²) < 4.78 is 40.3. The molecule has 248 valence electrons. The monoisotopic (exact) mass is 697 g/mol. The van der Waals surface area contributed by atoms with Crippen molar-refractivity contribution in [3.8, 4) is 11.5 Å². The van der Waals surface area contributed by atoms with Crippen molar-refractivity contribution < 1.29 is 27.5 Å². The first-order valence-electron chi connectivity index (χ1n) is 14.8. The Morgan fingerprint density at radius 1 is 0.809 bits per heavy atom.